The fourth-order valence-corrected chi connectivity index (χ4v) is 8.10. The molecule has 10 heteroatoms. The van der Waals surface area contributed by atoms with Crippen molar-refractivity contribution in [3.8, 4) is 0 Å². The van der Waals surface area contributed by atoms with Crippen molar-refractivity contribution in [3.05, 3.63) is 83.4 Å². The molecule has 0 radical (unpaired) electrons. The van der Waals surface area contributed by atoms with Gasteiger partial charge in [-0.3, -0.25) is 4.79 Å². The highest BCUT2D eigenvalue weighted by atomic mass is 16.5. The minimum absolute atomic E-state index is 0.00650. The minimum Gasteiger partial charge on any atom is -0.464 e. The van der Waals surface area contributed by atoms with E-state index in [-0.39, 0.29) is 17.1 Å². The second-order valence-corrected chi connectivity index (χ2v) is 13.3. The van der Waals surface area contributed by atoms with E-state index in [4.69, 9.17) is 9.72 Å². The fraction of sp³-hybridized carbons (Fsp3) is 0.441. The van der Waals surface area contributed by atoms with E-state index in [0.717, 1.165) is 61.7 Å². The maximum atomic E-state index is 13.7. The van der Waals surface area contributed by atoms with Gasteiger partial charge in [0.2, 0.25) is 5.82 Å². The number of esters is 1. The van der Waals surface area contributed by atoms with Crippen molar-refractivity contribution in [3.63, 3.8) is 0 Å². The number of nitrogens with zero attached hydrogens (tertiary/aromatic N) is 7. The molecule has 3 aromatic heterocycles. The second kappa shape index (κ2) is 10.0. The molecule has 4 aromatic rings. The van der Waals surface area contributed by atoms with Gasteiger partial charge in [0.05, 0.1) is 19.0 Å². The van der Waals surface area contributed by atoms with Crippen LogP contribution in [0.25, 0.3) is 5.65 Å². The average molecular weight is 592 g/mol. The van der Waals surface area contributed by atoms with Gasteiger partial charge in [0, 0.05) is 50.1 Å². The van der Waals surface area contributed by atoms with Crippen LogP contribution in [0.2, 0.25) is 0 Å². The largest absolute Gasteiger partial charge is 0.464 e. The Kier molecular flexibility index (Phi) is 6.18. The Labute approximate surface area is 256 Å². The van der Waals surface area contributed by atoms with E-state index in [1.54, 1.807) is 10.6 Å². The Morgan fingerprint density at radius 1 is 0.909 bits per heavy atom. The maximum Gasteiger partial charge on any atom is 0.356 e. The number of anilines is 2. The molecule has 44 heavy (non-hydrogen) atoms. The molecule has 3 aliphatic heterocycles. The first-order valence-corrected chi connectivity index (χ1v) is 15.6. The number of pyridine rings is 2. The van der Waals surface area contributed by atoms with Gasteiger partial charge in [-0.2, -0.15) is 0 Å². The van der Waals surface area contributed by atoms with Gasteiger partial charge in [0.15, 0.2) is 11.3 Å². The molecule has 0 unspecified atom stereocenters. The van der Waals surface area contributed by atoms with Crippen LogP contribution in [0, 0.1) is 17.8 Å². The minimum atomic E-state index is -0.440. The quantitative estimate of drug-likeness (QED) is 0.316. The average Bonchev–Trinajstić information content (AvgIpc) is 3.75. The molecular weight excluding hydrogens is 554 g/mol. The van der Waals surface area contributed by atoms with Gasteiger partial charge in [-0.25, -0.2) is 19.3 Å². The van der Waals surface area contributed by atoms with Crippen LogP contribution in [-0.2, 0) is 4.74 Å². The van der Waals surface area contributed by atoms with Crippen LogP contribution in [0.15, 0.2) is 60.8 Å². The molecule has 4 aliphatic rings. The maximum absolute atomic E-state index is 13.7. The number of aromatic nitrogens is 4. The number of carbonyl (C=O) groups excluding carboxylic acids is 2. The molecular formula is C34H37N7O3. The van der Waals surface area contributed by atoms with Crippen molar-refractivity contribution >= 4 is 29.0 Å². The first-order valence-electron chi connectivity index (χ1n) is 15.6. The summed E-state index contributed by atoms with van der Waals surface area (Å²) in [5, 5.41) is 4.69. The van der Waals surface area contributed by atoms with Crippen molar-refractivity contribution in [1.29, 1.82) is 0 Å². The van der Waals surface area contributed by atoms with E-state index < -0.39 is 5.97 Å². The lowest BCUT2D eigenvalue weighted by Crippen LogP contribution is -2.63. The molecule has 8 rings (SSSR count). The Balaban J connectivity index is 0.946. The van der Waals surface area contributed by atoms with E-state index >= 15 is 0 Å². The SMILES string of the molecule is COC(=O)c1cccc(N2CC[C@@]3(CCN(C(=O)c4nc5c(C)cc(N6CC7(CC[C@@H]7c7ccccc7)C6)cn5n4)C3)C2)n1. The van der Waals surface area contributed by atoms with Gasteiger partial charge in [-0.05, 0) is 67.9 Å². The van der Waals surface area contributed by atoms with Crippen molar-refractivity contribution < 1.29 is 14.3 Å². The van der Waals surface area contributed by atoms with Crippen LogP contribution >= 0.6 is 0 Å². The molecule has 6 heterocycles. The molecule has 10 nitrogen and oxygen atoms in total. The lowest BCUT2D eigenvalue weighted by molar-refractivity contribution is 0.0520. The van der Waals surface area contributed by atoms with Gasteiger partial charge in [-0.15, -0.1) is 5.10 Å². The third-order valence-electron chi connectivity index (χ3n) is 10.7. The van der Waals surface area contributed by atoms with Crippen LogP contribution in [0.5, 0.6) is 0 Å². The number of fused-ring (bicyclic) bond motifs is 1. The smallest absolute Gasteiger partial charge is 0.356 e. The van der Waals surface area contributed by atoms with E-state index in [0.29, 0.717) is 30.1 Å². The number of hydrogen-bond acceptors (Lipinski definition) is 8. The van der Waals surface area contributed by atoms with Crippen molar-refractivity contribution in [1.82, 2.24) is 24.5 Å². The Hall–Kier alpha value is -4.47. The van der Waals surface area contributed by atoms with Gasteiger partial charge >= 0.3 is 5.97 Å². The zero-order chi connectivity index (χ0) is 30.1. The Morgan fingerprint density at radius 2 is 1.73 bits per heavy atom. The molecule has 1 aliphatic carbocycles. The zero-order valence-electron chi connectivity index (χ0n) is 25.3. The molecule has 2 atom stereocenters. The number of hydrogen-bond donors (Lipinski definition) is 0. The first kappa shape index (κ1) is 27.1. The lowest BCUT2D eigenvalue weighted by atomic mass is 9.53. The summed E-state index contributed by atoms with van der Waals surface area (Å²) in [7, 11) is 1.36. The summed E-state index contributed by atoms with van der Waals surface area (Å²) in [6.45, 7) is 7.11. The summed E-state index contributed by atoms with van der Waals surface area (Å²) >= 11 is 0. The molecule has 1 saturated carbocycles. The van der Waals surface area contributed by atoms with Crippen molar-refractivity contribution in [2.45, 2.75) is 38.5 Å². The highest BCUT2D eigenvalue weighted by Crippen LogP contribution is 2.58. The molecule has 1 aromatic carbocycles. The van der Waals surface area contributed by atoms with E-state index in [1.165, 1.54) is 25.5 Å². The normalized spacial score (nSPS) is 23.8. The van der Waals surface area contributed by atoms with Crippen LogP contribution in [-0.4, -0.2) is 82.7 Å². The summed E-state index contributed by atoms with van der Waals surface area (Å²) in [6, 6.07) is 18.5. The summed E-state index contributed by atoms with van der Waals surface area (Å²) in [4.78, 5) is 41.4. The molecule has 0 N–H and O–H groups in total. The molecule has 2 spiro atoms. The second-order valence-electron chi connectivity index (χ2n) is 13.3. The number of likely N-dealkylation sites (tertiary alicyclic amines) is 1. The topological polar surface area (TPSA) is 96.2 Å². The lowest BCUT2D eigenvalue weighted by Gasteiger charge is -2.61. The van der Waals surface area contributed by atoms with Crippen LogP contribution in [0.4, 0.5) is 11.5 Å². The number of benzene rings is 1. The summed E-state index contributed by atoms with van der Waals surface area (Å²) in [5.41, 5.74) is 5.02. The van der Waals surface area contributed by atoms with Crippen LogP contribution < -0.4 is 9.80 Å². The van der Waals surface area contributed by atoms with Gasteiger partial charge in [0.1, 0.15) is 5.82 Å². The summed E-state index contributed by atoms with van der Waals surface area (Å²) in [6.07, 6.45) is 6.45. The number of ether oxygens (including phenoxy) is 1. The third kappa shape index (κ3) is 4.33. The van der Waals surface area contributed by atoms with Gasteiger partial charge < -0.3 is 19.4 Å². The molecule has 1 amide bonds. The predicted molar refractivity (Wildman–Crippen MR) is 166 cm³/mol. The highest BCUT2D eigenvalue weighted by molar-refractivity contribution is 5.91. The van der Waals surface area contributed by atoms with Gasteiger partial charge in [0.25, 0.3) is 5.91 Å². The Bertz CT molecular complexity index is 1770. The number of rotatable bonds is 5. The molecule has 4 fully saturated rings. The fourth-order valence-electron chi connectivity index (χ4n) is 8.10. The van der Waals surface area contributed by atoms with Crippen LogP contribution in [0.3, 0.4) is 0 Å². The van der Waals surface area contributed by atoms with E-state index in [9.17, 15) is 9.59 Å². The zero-order valence-corrected chi connectivity index (χ0v) is 25.3. The molecule has 226 valence electrons. The number of aryl methyl sites for hydroxylation is 1. The predicted octanol–water partition coefficient (Wildman–Crippen LogP) is 4.35. The molecule has 0 bridgehead atoms. The number of amides is 1. The van der Waals surface area contributed by atoms with Crippen molar-refractivity contribution in [2.24, 2.45) is 10.8 Å². The van der Waals surface area contributed by atoms with Crippen molar-refractivity contribution in [2.75, 3.05) is 56.2 Å². The van der Waals surface area contributed by atoms with Crippen LogP contribution in [0.1, 0.15) is 63.8 Å². The van der Waals surface area contributed by atoms with E-state index in [2.05, 4.69) is 63.2 Å². The standard InChI is InChI=1S/C34H37N7O3/c1-23-17-25(40-21-34(22-40)12-11-26(34)24-7-4-3-5-8-24)18-41-30(23)36-29(37-41)31(42)39-16-14-33(20-39)13-15-38(19-33)28-10-6-9-27(35-28)32(43)44-2/h3-10,17-18,26H,11-16,19-22H2,1-2H3/t26-,33-/m1/s1. The number of carbonyl (C=O) groups is 2. The molecule has 3 saturated heterocycles. The van der Waals surface area contributed by atoms with E-state index in [1.807, 2.05) is 23.2 Å². The number of methoxy groups -OCH3 is 1. The monoisotopic (exact) mass is 591 g/mol. The summed E-state index contributed by atoms with van der Waals surface area (Å²) in [5.74, 6) is 1.11. The Morgan fingerprint density at radius 3 is 2.50 bits per heavy atom. The summed E-state index contributed by atoms with van der Waals surface area (Å²) < 4.78 is 6.63. The third-order valence-corrected chi connectivity index (χ3v) is 10.7. The first-order chi connectivity index (χ1) is 21.4. The van der Waals surface area contributed by atoms with Gasteiger partial charge in [-0.1, -0.05) is 36.4 Å². The highest BCUT2D eigenvalue weighted by Gasteiger charge is 2.55.